The zero-order valence-corrected chi connectivity index (χ0v) is 20.0. The van der Waals surface area contributed by atoms with Crippen LogP contribution in [0.2, 0.25) is 15.1 Å². The van der Waals surface area contributed by atoms with Gasteiger partial charge < -0.3 is 15.5 Å². The zero-order chi connectivity index (χ0) is 22.0. The van der Waals surface area contributed by atoms with Crippen LogP contribution in [-0.4, -0.2) is 43.2 Å². The number of nitrogens with one attached hydrogen (secondary N) is 3. The van der Waals surface area contributed by atoms with Crippen molar-refractivity contribution in [3.05, 3.63) is 62.6 Å². The lowest BCUT2D eigenvalue weighted by molar-refractivity contribution is 0.294. The average Bonchev–Trinajstić information content (AvgIpc) is 2.75. The summed E-state index contributed by atoms with van der Waals surface area (Å²) in [5, 5.41) is 12.5. The number of nitrogens with zero attached hydrogens (tertiary/aromatic N) is 2. The van der Waals surface area contributed by atoms with Crippen molar-refractivity contribution in [1.82, 2.24) is 15.5 Å². The van der Waals surface area contributed by atoms with Gasteiger partial charge in [0, 0.05) is 49.0 Å². The number of rotatable bonds is 5. The first kappa shape index (κ1) is 22.7. The molecule has 2 aromatic rings. The fraction of sp³-hybridized carbons (Fsp3) is 0.435. The number of hydrogen-bond acceptors (Lipinski definition) is 5. The molecule has 1 heterocycles. The monoisotopic (exact) mass is 479 g/mol. The Morgan fingerprint density at radius 3 is 2.48 bits per heavy atom. The molecule has 1 atom stereocenters. The Kier molecular flexibility index (Phi) is 7.29. The van der Waals surface area contributed by atoms with Gasteiger partial charge in [-0.25, -0.2) is 4.99 Å². The number of amidine groups is 1. The van der Waals surface area contributed by atoms with E-state index in [1.54, 1.807) is 6.07 Å². The van der Waals surface area contributed by atoms with E-state index in [4.69, 9.17) is 39.8 Å². The van der Waals surface area contributed by atoms with Crippen LogP contribution in [0.5, 0.6) is 0 Å². The van der Waals surface area contributed by atoms with Gasteiger partial charge in [0.1, 0.15) is 5.84 Å². The van der Waals surface area contributed by atoms with E-state index in [2.05, 4.69) is 39.0 Å². The van der Waals surface area contributed by atoms with Gasteiger partial charge in [0.25, 0.3) is 0 Å². The molecule has 166 valence electrons. The van der Waals surface area contributed by atoms with Gasteiger partial charge in [-0.1, -0.05) is 46.9 Å². The fourth-order valence-electron chi connectivity index (χ4n) is 4.29. The predicted molar refractivity (Wildman–Crippen MR) is 132 cm³/mol. The largest absolute Gasteiger partial charge is 0.362 e. The van der Waals surface area contributed by atoms with Crippen molar-refractivity contribution in [1.29, 1.82) is 0 Å². The summed E-state index contributed by atoms with van der Waals surface area (Å²) < 4.78 is 0. The van der Waals surface area contributed by atoms with E-state index in [0.29, 0.717) is 33.7 Å². The molecule has 2 aromatic carbocycles. The van der Waals surface area contributed by atoms with Gasteiger partial charge in [-0.2, -0.15) is 0 Å². The Morgan fingerprint density at radius 1 is 1.03 bits per heavy atom. The molecular weight excluding hydrogens is 453 g/mol. The normalized spacial score (nSPS) is 23.0. The maximum Gasteiger partial charge on any atom is 0.176 e. The fourth-order valence-corrected chi connectivity index (χ4v) is 5.00. The Balaban J connectivity index is 1.30. The molecule has 1 fully saturated rings. The highest BCUT2D eigenvalue weighted by atomic mass is 35.5. The van der Waals surface area contributed by atoms with Crippen LogP contribution < -0.4 is 16.0 Å². The van der Waals surface area contributed by atoms with Crippen LogP contribution in [0.25, 0.3) is 0 Å². The molecule has 1 saturated carbocycles. The Labute approximate surface area is 199 Å². The van der Waals surface area contributed by atoms with Crippen LogP contribution in [0.3, 0.4) is 0 Å². The van der Waals surface area contributed by atoms with Crippen molar-refractivity contribution in [2.45, 2.75) is 50.6 Å². The van der Waals surface area contributed by atoms with Crippen LogP contribution >= 0.6 is 34.8 Å². The van der Waals surface area contributed by atoms with Crippen LogP contribution in [0.15, 0.2) is 41.4 Å². The van der Waals surface area contributed by atoms with E-state index in [-0.39, 0.29) is 6.29 Å². The number of benzene rings is 2. The molecule has 3 N–H and O–H groups in total. The molecule has 1 aliphatic carbocycles. The number of fused-ring (bicyclic) bond motifs is 1. The molecule has 1 unspecified atom stereocenters. The second-order valence-electron chi connectivity index (χ2n) is 8.40. The van der Waals surface area contributed by atoms with Gasteiger partial charge in [-0.05, 0) is 55.5 Å². The van der Waals surface area contributed by atoms with Crippen LogP contribution in [0.4, 0.5) is 5.69 Å². The van der Waals surface area contributed by atoms with E-state index in [0.717, 1.165) is 48.3 Å². The zero-order valence-electron chi connectivity index (χ0n) is 17.8. The summed E-state index contributed by atoms with van der Waals surface area (Å²) in [7, 11) is 4.07. The molecule has 0 saturated heterocycles. The number of para-hydroxylation sites is 1. The summed E-state index contributed by atoms with van der Waals surface area (Å²) >= 11 is 18.6. The standard InChI is InChI=1S/C23H28Cl3N5/c1-31(2)22-18-5-3-4-6-20(18)29-23(30-22)28-17-9-7-16(8-10-17)27-13-14-11-15(24)12-19(25)21(14)26/h3-6,11-12,16-17,23,27-29H,7-10,13H2,1-2H3. The maximum atomic E-state index is 6.32. The molecule has 31 heavy (non-hydrogen) atoms. The van der Waals surface area contributed by atoms with Crippen molar-refractivity contribution >= 4 is 46.3 Å². The van der Waals surface area contributed by atoms with Gasteiger partial charge in [0.05, 0.1) is 10.0 Å². The summed E-state index contributed by atoms with van der Waals surface area (Å²) in [5.74, 6) is 0.999. The lowest BCUT2D eigenvalue weighted by Gasteiger charge is -2.34. The summed E-state index contributed by atoms with van der Waals surface area (Å²) in [6.07, 6.45) is 4.26. The minimum atomic E-state index is -0.116. The van der Waals surface area contributed by atoms with Crippen LogP contribution in [0.1, 0.15) is 36.8 Å². The molecule has 0 amide bonds. The quantitative estimate of drug-likeness (QED) is 0.505. The topological polar surface area (TPSA) is 51.7 Å². The minimum Gasteiger partial charge on any atom is -0.362 e. The molecule has 0 bridgehead atoms. The van der Waals surface area contributed by atoms with Crippen molar-refractivity contribution < 1.29 is 0 Å². The number of aliphatic imine (C=N–C) groups is 1. The van der Waals surface area contributed by atoms with Gasteiger partial charge >= 0.3 is 0 Å². The Bertz CT molecular complexity index is 954. The number of anilines is 1. The average molecular weight is 481 g/mol. The lowest BCUT2D eigenvalue weighted by atomic mass is 9.91. The van der Waals surface area contributed by atoms with Crippen LogP contribution in [-0.2, 0) is 6.54 Å². The molecule has 5 nitrogen and oxygen atoms in total. The van der Waals surface area contributed by atoms with E-state index >= 15 is 0 Å². The van der Waals surface area contributed by atoms with E-state index in [9.17, 15) is 0 Å². The summed E-state index contributed by atoms with van der Waals surface area (Å²) in [6.45, 7) is 0.666. The molecule has 2 aliphatic rings. The van der Waals surface area contributed by atoms with Crippen molar-refractivity contribution in [2.75, 3.05) is 19.4 Å². The lowest BCUT2D eigenvalue weighted by Crippen LogP contribution is -2.48. The first-order valence-electron chi connectivity index (χ1n) is 10.6. The SMILES string of the molecule is CN(C)C1=NC(NC2CCC(NCc3cc(Cl)cc(Cl)c3Cl)CC2)Nc2ccccc21. The molecule has 0 radical (unpaired) electrons. The molecule has 0 spiro atoms. The van der Waals surface area contributed by atoms with Gasteiger partial charge in [-0.15, -0.1) is 0 Å². The highest BCUT2D eigenvalue weighted by Gasteiger charge is 2.26. The third-order valence-corrected chi connectivity index (χ3v) is 6.96. The van der Waals surface area contributed by atoms with Crippen molar-refractivity contribution in [2.24, 2.45) is 4.99 Å². The van der Waals surface area contributed by atoms with E-state index < -0.39 is 0 Å². The molecule has 0 aromatic heterocycles. The Morgan fingerprint density at radius 2 is 1.74 bits per heavy atom. The molecule has 8 heteroatoms. The third kappa shape index (κ3) is 5.47. The first-order valence-corrected chi connectivity index (χ1v) is 11.8. The second kappa shape index (κ2) is 9.97. The number of halogens is 3. The first-order chi connectivity index (χ1) is 14.9. The van der Waals surface area contributed by atoms with Gasteiger partial charge in [0.2, 0.25) is 0 Å². The number of hydrogen-bond donors (Lipinski definition) is 3. The van der Waals surface area contributed by atoms with E-state index in [1.807, 2.05) is 26.2 Å². The molecule has 1 aliphatic heterocycles. The highest BCUT2D eigenvalue weighted by Crippen LogP contribution is 2.30. The Hall–Kier alpha value is -1.50. The minimum absolute atomic E-state index is 0.116. The van der Waals surface area contributed by atoms with Crippen molar-refractivity contribution in [3.8, 4) is 0 Å². The van der Waals surface area contributed by atoms with Gasteiger partial charge in [0.15, 0.2) is 6.29 Å². The van der Waals surface area contributed by atoms with Crippen molar-refractivity contribution in [3.63, 3.8) is 0 Å². The van der Waals surface area contributed by atoms with Gasteiger partial charge in [-0.3, -0.25) is 5.32 Å². The maximum absolute atomic E-state index is 6.32. The summed E-state index contributed by atoms with van der Waals surface area (Å²) in [5.41, 5.74) is 3.19. The highest BCUT2D eigenvalue weighted by molar-refractivity contribution is 6.43. The summed E-state index contributed by atoms with van der Waals surface area (Å²) in [4.78, 5) is 6.97. The summed E-state index contributed by atoms with van der Waals surface area (Å²) in [6, 6.07) is 12.7. The predicted octanol–water partition coefficient (Wildman–Crippen LogP) is 5.35. The third-order valence-electron chi connectivity index (χ3n) is 5.91. The smallest absolute Gasteiger partial charge is 0.176 e. The van der Waals surface area contributed by atoms with Crippen LogP contribution in [0, 0.1) is 0 Å². The second-order valence-corrected chi connectivity index (χ2v) is 9.62. The molecular formula is C23H28Cl3N5. The molecule has 4 rings (SSSR count). The van der Waals surface area contributed by atoms with E-state index in [1.165, 1.54) is 0 Å².